The van der Waals surface area contributed by atoms with Crippen molar-refractivity contribution in [3.05, 3.63) is 23.3 Å². The average molecular weight is 443 g/mol. The van der Waals surface area contributed by atoms with Crippen LogP contribution in [0.5, 0.6) is 0 Å². The molecule has 0 aromatic heterocycles. The third-order valence-electron chi connectivity index (χ3n) is 7.77. The minimum Gasteiger partial charge on any atom is -0.336 e. The minimum atomic E-state index is -0.269. The molecular weight excluding hydrogens is 404 g/mol. The molecule has 3 aliphatic carbocycles. The summed E-state index contributed by atoms with van der Waals surface area (Å²) >= 11 is 0. The molecule has 4 rings (SSSR count). The van der Waals surface area contributed by atoms with Crippen LogP contribution in [0.4, 0.5) is 4.79 Å². The molecule has 0 bridgehead atoms. The lowest BCUT2D eigenvalue weighted by molar-refractivity contribution is -0.139. The number of likely N-dealkylation sites (tertiary alicyclic amines) is 1. The molecule has 0 unspecified atom stereocenters. The zero-order chi connectivity index (χ0) is 22.8. The molecule has 7 heteroatoms. The molecule has 1 saturated heterocycles. The number of carbonyl (C=O) groups excluding carboxylic acids is 3. The molecule has 1 N–H and O–H groups in total. The SMILES string of the molecule is CN(C)CCNC(=O)N(C(=O)[C@@H]1C[C@@H]2CC(=O)CC[C@H]2N(C)C1)[C@H]1CCC2=C1CCC=C2. The van der Waals surface area contributed by atoms with Crippen LogP contribution >= 0.6 is 0 Å². The van der Waals surface area contributed by atoms with E-state index in [4.69, 9.17) is 0 Å². The predicted octanol–water partition coefficient (Wildman–Crippen LogP) is 2.58. The number of ketones is 1. The van der Waals surface area contributed by atoms with Crippen LogP contribution in [0.3, 0.4) is 0 Å². The lowest BCUT2D eigenvalue weighted by Gasteiger charge is -2.45. The number of urea groups is 1. The van der Waals surface area contributed by atoms with Gasteiger partial charge in [-0.15, -0.1) is 0 Å². The van der Waals surface area contributed by atoms with E-state index in [1.807, 2.05) is 19.0 Å². The van der Waals surface area contributed by atoms with Gasteiger partial charge in [-0.3, -0.25) is 14.5 Å². The number of Topliss-reactive ketones (excluding diaryl/α,β-unsaturated/α-hetero) is 1. The van der Waals surface area contributed by atoms with Crippen molar-refractivity contribution in [3.8, 4) is 0 Å². The van der Waals surface area contributed by atoms with Crippen LogP contribution < -0.4 is 5.32 Å². The van der Waals surface area contributed by atoms with Crippen molar-refractivity contribution in [1.82, 2.24) is 20.0 Å². The number of allylic oxidation sites excluding steroid dienone is 3. The Labute approximate surface area is 191 Å². The normalized spacial score (nSPS) is 30.3. The molecule has 1 aliphatic heterocycles. The first-order valence-electron chi connectivity index (χ1n) is 12.2. The van der Waals surface area contributed by atoms with Crippen molar-refractivity contribution >= 4 is 17.7 Å². The van der Waals surface area contributed by atoms with Gasteiger partial charge < -0.3 is 15.1 Å². The summed E-state index contributed by atoms with van der Waals surface area (Å²) in [6, 6.07) is -0.0316. The Morgan fingerprint density at radius 3 is 2.78 bits per heavy atom. The van der Waals surface area contributed by atoms with Crippen molar-refractivity contribution in [3.63, 3.8) is 0 Å². The number of hydrogen-bond donors (Lipinski definition) is 1. The summed E-state index contributed by atoms with van der Waals surface area (Å²) in [6.07, 6.45) is 10.8. The summed E-state index contributed by atoms with van der Waals surface area (Å²) in [5.41, 5.74) is 2.57. The van der Waals surface area contributed by atoms with Crippen molar-refractivity contribution in [2.45, 2.75) is 63.5 Å². The van der Waals surface area contributed by atoms with E-state index in [0.29, 0.717) is 44.2 Å². The number of likely N-dealkylation sites (N-methyl/N-ethyl adjacent to an activating group) is 1. The van der Waals surface area contributed by atoms with Crippen LogP contribution in [0.1, 0.15) is 51.4 Å². The summed E-state index contributed by atoms with van der Waals surface area (Å²) in [5.74, 6) is 0.226. The number of carbonyl (C=O) groups is 3. The standard InChI is InChI=1S/C25H38N4O3/c1-27(2)13-12-26-25(32)29(23-10-8-17-6-4-5-7-21(17)23)24(31)19-14-18-15-20(30)9-11-22(18)28(3)16-19/h4,6,18-19,22-23H,5,7-16H2,1-3H3,(H,26,32)/t18-,19-,22-,23+/m1/s1. The summed E-state index contributed by atoms with van der Waals surface area (Å²) in [5, 5.41) is 3.00. The van der Waals surface area contributed by atoms with Gasteiger partial charge in [-0.1, -0.05) is 12.2 Å². The van der Waals surface area contributed by atoms with Crippen LogP contribution in [0.2, 0.25) is 0 Å². The van der Waals surface area contributed by atoms with Crippen LogP contribution in [0.15, 0.2) is 23.3 Å². The number of fused-ring (bicyclic) bond motifs is 1. The molecule has 176 valence electrons. The molecule has 7 nitrogen and oxygen atoms in total. The fourth-order valence-electron chi connectivity index (χ4n) is 6.17. The van der Waals surface area contributed by atoms with Crippen molar-refractivity contribution in [2.24, 2.45) is 11.8 Å². The van der Waals surface area contributed by atoms with Gasteiger partial charge in [0.05, 0.1) is 12.0 Å². The van der Waals surface area contributed by atoms with E-state index in [9.17, 15) is 14.4 Å². The highest BCUT2D eigenvalue weighted by molar-refractivity contribution is 5.97. The topological polar surface area (TPSA) is 73.0 Å². The number of rotatable bonds is 5. The summed E-state index contributed by atoms with van der Waals surface area (Å²) in [6.45, 7) is 1.90. The predicted molar refractivity (Wildman–Crippen MR) is 124 cm³/mol. The van der Waals surface area contributed by atoms with E-state index in [2.05, 4.69) is 29.4 Å². The van der Waals surface area contributed by atoms with Crippen molar-refractivity contribution in [1.29, 1.82) is 0 Å². The maximum absolute atomic E-state index is 13.9. The Hall–Kier alpha value is -1.99. The van der Waals surface area contributed by atoms with Crippen LogP contribution in [-0.4, -0.2) is 85.3 Å². The molecule has 2 fully saturated rings. The molecule has 0 aromatic carbocycles. The fraction of sp³-hybridized carbons (Fsp3) is 0.720. The number of piperidine rings is 1. The second kappa shape index (κ2) is 9.87. The van der Waals surface area contributed by atoms with E-state index in [-0.39, 0.29) is 29.8 Å². The first kappa shape index (κ1) is 23.2. The Balaban J connectivity index is 1.54. The lowest BCUT2D eigenvalue weighted by Crippen LogP contribution is -2.57. The monoisotopic (exact) mass is 442 g/mol. The third kappa shape index (κ3) is 4.84. The van der Waals surface area contributed by atoms with E-state index >= 15 is 0 Å². The van der Waals surface area contributed by atoms with Crippen molar-refractivity contribution < 1.29 is 14.4 Å². The Kier molecular flexibility index (Phi) is 7.15. The van der Waals surface area contributed by atoms with Crippen LogP contribution in [0, 0.1) is 11.8 Å². The zero-order valence-corrected chi connectivity index (χ0v) is 19.8. The van der Waals surface area contributed by atoms with Gasteiger partial charge in [-0.05, 0) is 76.7 Å². The highest BCUT2D eigenvalue weighted by Gasteiger charge is 2.45. The maximum atomic E-state index is 13.9. The second-order valence-corrected chi connectivity index (χ2v) is 10.3. The number of nitrogens with one attached hydrogen (secondary N) is 1. The quantitative estimate of drug-likeness (QED) is 0.709. The summed E-state index contributed by atoms with van der Waals surface area (Å²) in [4.78, 5) is 45.2. The lowest BCUT2D eigenvalue weighted by atomic mass is 9.74. The molecular formula is C25H38N4O3. The number of hydrogen-bond acceptors (Lipinski definition) is 5. The van der Waals surface area contributed by atoms with Gasteiger partial charge in [0, 0.05) is 38.5 Å². The Morgan fingerprint density at radius 2 is 2.00 bits per heavy atom. The molecule has 0 radical (unpaired) electrons. The van der Waals surface area contributed by atoms with Gasteiger partial charge in [0.2, 0.25) is 5.91 Å². The largest absolute Gasteiger partial charge is 0.336 e. The summed E-state index contributed by atoms with van der Waals surface area (Å²) in [7, 11) is 6.00. The highest BCUT2D eigenvalue weighted by atomic mass is 16.2. The number of nitrogens with zero attached hydrogens (tertiary/aromatic N) is 3. The van der Waals surface area contributed by atoms with Crippen molar-refractivity contribution in [2.75, 3.05) is 40.8 Å². The molecule has 1 heterocycles. The molecule has 32 heavy (non-hydrogen) atoms. The second-order valence-electron chi connectivity index (χ2n) is 10.3. The Morgan fingerprint density at radius 1 is 1.19 bits per heavy atom. The van der Waals surface area contributed by atoms with E-state index in [0.717, 1.165) is 38.6 Å². The smallest absolute Gasteiger partial charge is 0.324 e. The molecule has 0 spiro atoms. The molecule has 4 atom stereocenters. The molecule has 1 saturated carbocycles. The van der Waals surface area contributed by atoms with Gasteiger partial charge in [-0.25, -0.2) is 4.79 Å². The van der Waals surface area contributed by atoms with E-state index < -0.39 is 0 Å². The van der Waals surface area contributed by atoms with Gasteiger partial charge in [0.25, 0.3) is 0 Å². The van der Waals surface area contributed by atoms with Crippen LogP contribution in [-0.2, 0) is 9.59 Å². The van der Waals surface area contributed by atoms with Gasteiger partial charge in [-0.2, -0.15) is 0 Å². The molecule has 3 amide bonds. The first-order chi connectivity index (χ1) is 15.3. The number of imide groups is 1. The van der Waals surface area contributed by atoms with E-state index in [1.54, 1.807) is 4.90 Å². The van der Waals surface area contributed by atoms with Crippen LogP contribution in [0.25, 0.3) is 0 Å². The highest BCUT2D eigenvalue weighted by Crippen LogP contribution is 2.40. The fourth-order valence-corrected chi connectivity index (χ4v) is 6.17. The van der Waals surface area contributed by atoms with Gasteiger partial charge >= 0.3 is 6.03 Å². The maximum Gasteiger partial charge on any atom is 0.324 e. The molecule has 0 aromatic rings. The first-order valence-corrected chi connectivity index (χ1v) is 12.2. The number of amides is 3. The zero-order valence-electron chi connectivity index (χ0n) is 19.8. The van der Waals surface area contributed by atoms with Gasteiger partial charge in [0.15, 0.2) is 0 Å². The minimum absolute atomic E-state index is 0.0658. The Bertz CT molecular complexity index is 818. The molecule has 4 aliphatic rings. The van der Waals surface area contributed by atoms with E-state index in [1.165, 1.54) is 11.1 Å². The van der Waals surface area contributed by atoms with Gasteiger partial charge in [0.1, 0.15) is 5.78 Å². The summed E-state index contributed by atoms with van der Waals surface area (Å²) < 4.78 is 0. The average Bonchev–Trinajstić information content (AvgIpc) is 3.17. The third-order valence-corrected chi connectivity index (χ3v) is 7.77.